The molecular weight excluding hydrogens is 192 g/mol. The molecule has 0 fully saturated rings. The number of rotatable bonds is 3. The van der Waals surface area contributed by atoms with Crippen molar-refractivity contribution in [1.29, 1.82) is 0 Å². The first-order valence-corrected chi connectivity index (χ1v) is 5.06. The van der Waals surface area contributed by atoms with Crippen LogP contribution in [0, 0.1) is 6.92 Å². The number of thioether (sulfide) groups is 1. The summed E-state index contributed by atoms with van der Waals surface area (Å²) in [6.45, 7) is 2.62. The van der Waals surface area contributed by atoms with Gasteiger partial charge in [0, 0.05) is 18.5 Å². The van der Waals surface area contributed by atoms with E-state index in [2.05, 4.69) is 4.98 Å². The highest BCUT2D eigenvalue weighted by Gasteiger charge is 2.03. The fourth-order valence-electron chi connectivity index (χ4n) is 0.772. The van der Waals surface area contributed by atoms with Gasteiger partial charge in [0.1, 0.15) is 5.03 Å². The summed E-state index contributed by atoms with van der Waals surface area (Å²) in [5.41, 5.74) is 6.43. The molecule has 66 valence electrons. The maximum atomic E-state index is 6.00. The van der Waals surface area contributed by atoms with E-state index in [4.69, 9.17) is 17.3 Å². The van der Waals surface area contributed by atoms with E-state index in [0.717, 1.165) is 21.4 Å². The van der Waals surface area contributed by atoms with Crippen LogP contribution < -0.4 is 5.73 Å². The van der Waals surface area contributed by atoms with Gasteiger partial charge in [-0.05, 0) is 18.6 Å². The number of nitrogens with zero attached hydrogens (tertiary/aromatic N) is 1. The van der Waals surface area contributed by atoms with Gasteiger partial charge in [-0.3, -0.25) is 0 Å². The van der Waals surface area contributed by atoms with Gasteiger partial charge in [-0.25, -0.2) is 4.98 Å². The largest absolute Gasteiger partial charge is 0.330 e. The minimum Gasteiger partial charge on any atom is -0.330 e. The minimum absolute atomic E-state index is 0.649. The van der Waals surface area contributed by atoms with E-state index >= 15 is 0 Å². The second-order valence-electron chi connectivity index (χ2n) is 2.38. The summed E-state index contributed by atoms with van der Waals surface area (Å²) in [6, 6.07) is 1.90. The molecule has 1 aromatic rings. The fourth-order valence-corrected chi connectivity index (χ4v) is 1.78. The lowest BCUT2D eigenvalue weighted by atomic mass is 10.3. The van der Waals surface area contributed by atoms with Crippen LogP contribution in [0.25, 0.3) is 0 Å². The van der Waals surface area contributed by atoms with Gasteiger partial charge < -0.3 is 5.73 Å². The molecule has 1 aromatic heterocycles. The van der Waals surface area contributed by atoms with Gasteiger partial charge in [-0.1, -0.05) is 11.6 Å². The van der Waals surface area contributed by atoms with Crippen molar-refractivity contribution in [1.82, 2.24) is 4.98 Å². The second-order valence-corrected chi connectivity index (χ2v) is 3.85. The van der Waals surface area contributed by atoms with Gasteiger partial charge in [-0.15, -0.1) is 11.8 Å². The normalized spacial score (nSPS) is 10.2. The molecular formula is C8H11ClN2S. The van der Waals surface area contributed by atoms with Gasteiger partial charge in [0.2, 0.25) is 0 Å². The molecule has 0 unspecified atom stereocenters. The maximum absolute atomic E-state index is 6.00. The average molecular weight is 203 g/mol. The Hall–Kier alpha value is -0.250. The van der Waals surface area contributed by atoms with Crippen LogP contribution in [0.4, 0.5) is 0 Å². The first-order valence-electron chi connectivity index (χ1n) is 3.69. The lowest BCUT2D eigenvalue weighted by Crippen LogP contribution is -2.01. The number of nitrogens with two attached hydrogens (primary N) is 1. The van der Waals surface area contributed by atoms with E-state index in [9.17, 15) is 0 Å². The Kier molecular flexibility index (Phi) is 3.85. The van der Waals surface area contributed by atoms with Crippen LogP contribution in [0.2, 0.25) is 5.02 Å². The van der Waals surface area contributed by atoms with Crippen LogP contribution in [-0.2, 0) is 0 Å². The molecule has 0 amide bonds. The summed E-state index contributed by atoms with van der Waals surface area (Å²) >= 11 is 7.60. The molecule has 1 rings (SSSR count). The number of aryl methyl sites for hydroxylation is 1. The Balaban J connectivity index is 2.78. The predicted octanol–water partition coefficient (Wildman–Crippen LogP) is 2.09. The monoisotopic (exact) mass is 202 g/mol. The Morgan fingerprint density at radius 1 is 1.67 bits per heavy atom. The zero-order valence-electron chi connectivity index (χ0n) is 6.88. The second kappa shape index (κ2) is 4.70. The number of hydrogen-bond donors (Lipinski definition) is 1. The number of hydrogen-bond acceptors (Lipinski definition) is 3. The Morgan fingerprint density at radius 3 is 3.08 bits per heavy atom. The summed E-state index contributed by atoms with van der Waals surface area (Å²) in [5.74, 6) is 0.857. The third kappa shape index (κ3) is 2.37. The summed E-state index contributed by atoms with van der Waals surface area (Å²) in [4.78, 5) is 4.15. The van der Waals surface area contributed by atoms with Crippen molar-refractivity contribution in [3.05, 3.63) is 22.8 Å². The molecule has 0 saturated carbocycles. The molecule has 4 heteroatoms. The molecule has 2 N–H and O–H groups in total. The Bertz CT molecular complexity index is 265. The summed E-state index contributed by atoms with van der Waals surface area (Å²) in [7, 11) is 0. The highest BCUT2D eigenvalue weighted by atomic mass is 35.5. The first-order chi connectivity index (χ1) is 5.75. The highest BCUT2D eigenvalue weighted by Crippen LogP contribution is 2.26. The average Bonchev–Trinajstić information content (AvgIpc) is 2.08. The third-order valence-electron chi connectivity index (χ3n) is 1.41. The van der Waals surface area contributed by atoms with Crippen molar-refractivity contribution in [3.8, 4) is 0 Å². The lowest BCUT2D eigenvalue weighted by Gasteiger charge is -2.03. The summed E-state index contributed by atoms with van der Waals surface area (Å²) in [5, 5.41) is 1.62. The Morgan fingerprint density at radius 2 is 2.42 bits per heavy atom. The molecule has 0 bridgehead atoms. The van der Waals surface area contributed by atoms with E-state index in [1.165, 1.54) is 0 Å². The van der Waals surface area contributed by atoms with Crippen LogP contribution >= 0.6 is 23.4 Å². The molecule has 1 heterocycles. The smallest absolute Gasteiger partial charge is 0.115 e. The standard InChI is InChI=1S/C8H11ClN2S/c1-6-2-4-11-8(7(6)9)12-5-3-10/h2,4H,3,5,10H2,1H3. The van der Waals surface area contributed by atoms with E-state index in [0.29, 0.717) is 6.54 Å². The topological polar surface area (TPSA) is 38.9 Å². The molecule has 0 radical (unpaired) electrons. The molecule has 12 heavy (non-hydrogen) atoms. The summed E-state index contributed by atoms with van der Waals surface area (Å²) in [6.07, 6.45) is 1.76. The molecule has 0 aliphatic rings. The van der Waals surface area contributed by atoms with Crippen molar-refractivity contribution in [2.75, 3.05) is 12.3 Å². The van der Waals surface area contributed by atoms with Crippen LogP contribution in [0.5, 0.6) is 0 Å². The van der Waals surface area contributed by atoms with Crippen LogP contribution in [0.1, 0.15) is 5.56 Å². The summed E-state index contributed by atoms with van der Waals surface area (Å²) < 4.78 is 0. The molecule has 2 nitrogen and oxygen atoms in total. The van der Waals surface area contributed by atoms with Gasteiger partial charge in [-0.2, -0.15) is 0 Å². The number of halogens is 1. The van der Waals surface area contributed by atoms with Crippen molar-refractivity contribution >= 4 is 23.4 Å². The minimum atomic E-state index is 0.649. The molecule has 0 aliphatic heterocycles. The van der Waals surface area contributed by atoms with Crippen molar-refractivity contribution in [2.24, 2.45) is 5.73 Å². The molecule has 0 saturated heterocycles. The van der Waals surface area contributed by atoms with E-state index < -0.39 is 0 Å². The SMILES string of the molecule is Cc1ccnc(SCCN)c1Cl. The van der Waals surface area contributed by atoms with Gasteiger partial charge in [0.15, 0.2) is 0 Å². The first kappa shape index (κ1) is 9.84. The van der Waals surface area contributed by atoms with E-state index in [-0.39, 0.29) is 0 Å². The van der Waals surface area contributed by atoms with Crippen LogP contribution in [-0.4, -0.2) is 17.3 Å². The quantitative estimate of drug-likeness (QED) is 0.763. The fraction of sp³-hybridized carbons (Fsp3) is 0.375. The van der Waals surface area contributed by atoms with Gasteiger partial charge in [0.05, 0.1) is 5.02 Å². The third-order valence-corrected chi connectivity index (χ3v) is 3.02. The van der Waals surface area contributed by atoms with Gasteiger partial charge in [0.25, 0.3) is 0 Å². The Labute approximate surface area is 81.5 Å². The van der Waals surface area contributed by atoms with Crippen molar-refractivity contribution in [3.63, 3.8) is 0 Å². The number of pyridine rings is 1. The molecule has 0 spiro atoms. The van der Waals surface area contributed by atoms with Crippen molar-refractivity contribution in [2.45, 2.75) is 11.9 Å². The highest BCUT2D eigenvalue weighted by molar-refractivity contribution is 7.99. The van der Waals surface area contributed by atoms with Crippen LogP contribution in [0.15, 0.2) is 17.3 Å². The molecule has 0 aliphatic carbocycles. The molecule has 0 atom stereocenters. The zero-order chi connectivity index (χ0) is 8.97. The predicted molar refractivity (Wildman–Crippen MR) is 53.8 cm³/mol. The van der Waals surface area contributed by atoms with Crippen molar-refractivity contribution < 1.29 is 0 Å². The van der Waals surface area contributed by atoms with E-state index in [1.807, 2.05) is 13.0 Å². The molecule has 0 aromatic carbocycles. The maximum Gasteiger partial charge on any atom is 0.115 e. The zero-order valence-corrected chi connectivity index (χ0v) is 8.45. The van der Waals surface area contributed by atoms with Gasteiger partial charge >= 0.3 is 0 Å². The van der Waals surface area contributed by atoms with Crippen LogP contribution in [0.3, 0.4) is 0 Å². The lowest BCUT2D eigenvalue weighted by molar-refractivity contribution is 1.09. The number of aromatic nitrogens is 1. The van der Waals surface area contributed by atoms with E-state index in [1.54, 1.807) is 18.0 Å².